The Hall–Kier alpha value is -2.67. The second kappa shape index (κ2) is 6.81. The summed E-state index contributed by atoms with van der Waals surface area (Å²) in [5.41, 5.74) is 0.505. The molecule has 0 unspecified atom stereocenters. The van der Waals surface area contributed by atoms with E-state index in [9.17, 15) is 18.0 Å². The number of hydrogen-bond acceptors (Lipinski definition) is 6. The Morgan fingerprint density at radius 1 is 1.19 bits per heavy atom. The Balaban J connectivity index is 1.59. The number of ether oxygens (including phenoxy) is 1. The molecule has 0 amide bonds. The van der Waals surface area contributed by atoms with E-state index in [0.29, 0.717) is 17.6 Å². The van der Waals surface area contributed by atoms with Crippen LogP contribution in [-0.4, -0.2) is 25.9 Å². The van der Waals surface area contributed by atoms with Crippen molar-refractivity contribution >= 4 is 37.5 Å². The molecule has 0 radical (unpaired) electrons. The summed E-state index contributed by atoms with van der Waals surface area (Å²) < 4.78 is 33.7. The minimum absolute atomic E-state index is 0.0323. The van der Waals surface area contributed by atoms with Crippen LogP contribution in [0.5, 0.6) is 0 Å². The standard InChI is InChI=1S/C20H18O6S/c21-18(9-13-7-8-27(23,24)12-13)25-11-15-10-19(22)26-17-6-5-14-3-1-2-4-16(14)20(15)17/h1-6,10,13H,7-9,11-12H2/t13-/m1/s1. The molecule has 7 heteroatoms. The van der Waals surface area contributed by atoms with Gasteiger partial charge in [0.25, 0.3) is 0 Å². The molecule has 1 saturated heterocycles. The predicted octanol–water partition coefficient (Wildman–Crippen LogP) is 2.81. The van der Waals surface area contributed by atoms with Crippen molar-refractivity contribution < 1.29 is 22.4 Å². The average Bonchev–Trinajstić information content (AvgIpc) is 2.97. The molecular formula is C20H18O6S. The van der Waals surface area contributed by atoms with Gasteiger partial charge in [-0.05, 0) is 29.2 Å². The number of esters is 1. The summed E-state index contributed by atoms with van der Waals surface area (Å²) in [6.07, 6.45) is 0.555. The Kier molecular flexibility index (Phi) is 4.47. The molecule has 6 nitrogen and oxygen atoms in total. The maximum Gasteiger partial charge on any atom is 0.336 e. The van der Waals surface area contributed by atoms with Crippen LogP contribution in [0, 0.1) is 5.92 Å². The third-order valence-corrected chi connectivity index (χ3v) is 6.72. The molecule has 4 rings (SSSR count). The summed E-state index contributed by atoms with van der Waals surface area (Å²) in [5.74, 6) is -0.494. The number of hydrogen-bond donors (Lipinski definition) is 0. The molecule has 0 N–H and O–H groups in total. The minimum atomic E-state index is -3.03. The maximum absolute atomic E-state index is 12.1. The van der Waals surface area contributed by atoms with Gasteiger partial charge in [0, 0.05) is 23.4 Å². The molecule has 0 bridgehead atoms. The molecule has 0 saturated carbocycles. The van der Waals surface area contributed by atoms with Gasteiger partial charge in [-0.25, -0.2) is 13.2 Å². The molecule has 1 aliphatic heterocycles. The largest absolute Gasteiger partial charge is 0.461 e. The van der Waals surface area contributed by atoms with Crippen LogP contribution in [0.3, 0.4) is 0 Å². The molecule has 1 atom stereocenters. The highest BCUT2D eigenvalue weighted by Crippen LogP contribution is 2.28. The third-order valence-electron chi connectivity index (χ3n) is 4.89. The molecule has 2 aromatic carbocycles. The van der Waals surface area contributed by atoms with E-state index in [-0.39, 0.29) is 30.5 Å². The number of sulfone groups is 1. The van der Waals surface area contributed by atoms with E-state index in [1.165, 1.54) is 6.07 Å². The van der Waals surface area contributed by atoms with E-state index in [2.05, 4.69) is 0 Å². The van der Waals surface area contributed by atoms with E-state index in [0.717, 1.165) is 16.2 Å². The summed E-state index contributed by atoms with van der Waals surface area (Å²) in [7, 11) is -3.03. The highest BCUT2D eigenvalue weighted by Gasteiger charge is 2.29. The zero-order chi connectivity index (χ0) is 19.0. The van der Waals surface area contributed by atoms with Crippen LogP contribution in [0.25, 0.3) is 21.7 Å². The van der Waals surface area contributed by atoms with Crippen molar-refractivity contribution in [2.75, 3.05) is 11.5 Å². The van der Waals surface area contributed by atoms with Crippen LogP contribution in [0.2, 0.25) is 0 Å². The number of rotatable bonds is 4. The lowest BCUT2D eigenvalue weighted by molar-refractivity contribution is -0.145. The van der Waals surface area contributed by atoms with E-state index in [1.54, 1.807) is 6.07 Å². The van der Waals surface area contributed by atoms with Gasteiger partial charge in [0.05, 0.1) is 11.5 Å². The fourth-order valence-electron chi connectivity index (χ4n) is 3.62. The van der Waals surface area contributed by atoms with Gasteiger partial charge < -0.3 is 9.15 Å². The molecular weight excluding hydrogens is 368 g/mol. The molecule has 1 aliphatic rings. The number of carbonyl (C=O) groups is 1. The molecule has 1 aromatic heterocycles. The molecule has 0 aliphatic carbocycles. The lowest BCUT2D eigenvalue weighted by Crippen LogP contribution is -2.13. The molecule has 0 spiro atoms. The van der Waals surface area contributed by atoms with Crippen molar-refractivity contribution in [1.29, 1.82) is 0 Å². The van der Waals surface area contributed by atoms with Gasteiger partial charge in [-0.3, -0.25) is 4.79 Å². The topological polar surface area (TPSA) is 90.6 Å². The second-order valence-electron chi connectivity index (χ2n) is 6.88. The van der Waals surface area contributed by atoms with Crippen molar-refractivity contribution in [3.8, 4) is 0 Å². The first-order valence-corrected chi connectivity index (χ1v) is 10.5. The van der Waals surface area contributed by atoms with Crippen LogP contribution < -0.4 is 5.63 Å². The first kappa shape index (κ1) is 17.7. The van der Waals surface area contributed by atoms with Crippen molar-refractivity contribution in [1.82, 2.24) is 0 Å². The van der Waals surface area contributed by atoms with Gasteiger partial charge in [-0.15, -0.1) is 0 Å². The van der Waals surface area contributed by atoms with Crippen molar-refractivity contribution in [3.63, 3.8) is 0 Å². The smallest absolute Gasteiger partial charge is 0.336 e. The molecule has 1 fully saturated rings. The SMILES string of the molecule is O=C(C[C@H]1CCS(=O)(=O)C1)OCc1cc(=O)oc2ccc3ccccc3c12. The Morgan fingerprint density at radius 2 is 2.00 bits per heavy atom. The second-order valence-corrected chi connectivity index (χ2v) is 9.11. The molecule has 140 valence electrons. The van der Waals surface area contributed by atoms with Crippen LogP contribution in [0.4, 0.5) is 0 Å². The quantitative estimate of drug-likeness (QED) is 0.389. The summed E-state index contributed by atoms with van der Waals surface area (Å²) in [5, 5.41) is 2.64. The van der Waals surface area contributed by atoms with Gasteiger partial charge in [-0.2, -0.15) is 0 Å². The summed E-state index contributed by atoms with van der Waals surface area (Å²) in [4.78, 5) is 24.0. The van der Waals surface area contributed by atoms with E-state index in [1.807, 2.05) is 30.3 Å². The first-order chi connectivity index (χ1) is 12.9. The molecule has 27 heavy (non-hydrogen) atoms. The van der Waals surface area contributed by atoms with E-state index < -0.39 is 21.4 Å². The number of carbonyl (C=O) groups excluding carboxylic acids is 1. The minimum Gasteiger partial charge on any atom is -0.461 e. The zero-order valence-corrected chi connectivity index (χ0v) is 15.3. The van der Waals surface area contributed by atoms with Gasteiger partial charge >= 0.3 is 11.6 Å². The average molecular weight is 386 g/mol. The fourth-order valence-corrected chi connectivity index (χ4v) is 5.48. The monoisotopic (exact) mass is 386 g/mol. The van der Waals surface area contributed by atoms with Crippen LogP contribution in [0.1, 0.15) is 18.4 Å². The lowest BCUT2D eigenvalue weighted by atomic mass is 10.0. The third kappa shape index (κ3) is 3.73. The highest BCUT2D eigenvalue weighted by molar-refractivity contribution is 7.91. The van der Waals surface area contributed by atoms with Crippen LogP contribution in [0.15, 0.2) is 51.7 Å². The normalized spacial score (nSPS) is 18.7. The predicted molar refractivity (Wildman–Crippen MR) is 101 cm³/mol. The van der Waals surface area contributed by atoms with Gasteiger partial charge in [-0.1, -0.05) is 30.3 Å². The van der Waals surface area contributed by atoms with Gasteiger partial charge in [0.2, 0.25) is 0 Å². The maximum atomic E-state index is 12.1. The molecule has 2 heterocycles. The van der Waals surface area contributed by atoms with E-state index in [4.69, 9.17) is 9.15 Å². The van der Waals surface area contributed by atoms with E-state index >= 15 is 0 Å². The first-order valence-electron chi connectivity index (χ1n) is 8.72. The van der Waals surface area contributed by atoms with Crippen molar-refractivity contribution in [2.24, 2.45) is 5.92 Å². The van der Waals surface area contributed by atoms with Crippen molar-refractivity contribution in [3.05, 3.63) is 58.4 Å². The number of fused-ring (bicyclic) bond motifs is 3. The van der Waals surface area contributed by atoms with Crippen LogP contribution >= 0.6 is 0 Å². The zero-order valence-electron chi connectivity index (χ0n) is 14.5. The van der Waals surface area contributed by atoms with Crippen LogP contribution in [-0.2, 0) is 26.0 Å². The summed E-state index contributed by atoms with van der Waals surface area (Å²) in [6, 6.07) is 12.6. The Morgan fingerprint density at radius 3 is 2.78 bits per heavy atom. The Labute approximate surface area is 155 Å². The Bertz CT molecular complexity index is 1190. The summed E-state index contributed by atoms with van der Waals surface area (Å²) in [6.45, 7) is -0.0611. The van der Waals surface area contributed by atoms with Gasteiger partial charge in [0.15, 0.2) is 9.84 Å². The van der Waals surface area contributed by atoms with Crippen molar-refractivity contribution in [2.45, 2.75) is 19.4 Å². The molecule has 3 aromatic rings. The fraction of sp³-hybridized carbons (Fsp3) is 0.300. The lowest BCUT2D eigenvalue weighted by Gasteiger charge is -2.11. The number of benzene rings is 2. The highest BCUT2D eigenvalue weighted by atomic mass is 32.2. The van der Waals surface area contributed by atoms with Gasteiger partial charge in [0.1, 0.15) is 12.2 Å². The summed E-state index contributed by atoms with van der Waals surface area (Å²) >= 11 is 0.